The number of halogens is 3. The number of hydrogen-bond donors (Lipinski definition) is 0. The minimum Gasteiger partial charge on any atom is -0.251 e. The van der Waals surface area contributed by atoms with Crippen LogP contribution in [0, 0.1) is 6.92 Å². The summed E-state index contributed by atoms with van der Waals surface area (Å²) >= 11 is 0. The number of alkyl halides is 3. The Balaban J connectivity index is 0.000000921. The van der Waals surface area contributed by atoms with Crippen LogP contribution in [0.5, 0.6) is 0 Å². The molecule has 0 radical (unpaired) electrons. The van der Waals surface area contributed by atoms with Gasteiger partial charge in [-0.2, -0.15) is 13.2 Å². The Hall–Kier alpha value is -1.06. The van der Waals surface area contributed by atoms with Gasteiger partial charge in [0.25, 0.3) is 0 Å². The van der Waals surface area contributed by atoms with Gasteiger partial charge in [0.2, 0.25) is 0 Å². The second-order valence-electron chi connectivity index (χ2n) is 2.85. The molecule has 0 saturated carbocycles. The average Bonchev–Trinajstić information content (AvgIpc) is 2.19. The third kappa shape index (κ3) is 3.90. The second kappa shape index (κ2) is 5.73. The van der Waals surface area contributed by atoms with Crippen LogP contribution < -0.4 is 0 Å². The number of pyridine rings is 1. The highest BCUT2D eigenvalue weighted by molar-refractivity contribution is 5.26. The second-order valence-corrected chi connectivity index (χ2v) is 2.85. The molecule has 86 valence electrons. The molecule has 0 atom stereocenters. The van der Waals surface area contributed by atoms with Gasteiger partial charge >= 0.3 is 6.18 Å². The monoisotopic (exact) mass is 219 g/mol. The average molecular weight is 219 g/mol. The lowest BCUT2D eigenvalue weighted by atomic mass is 10.1. The van der Waals surface area contributed by atoms with Crippen LogP contribution in [-0.4, -0.2) is 4.98 Å². The molecule has 0 unspecified atom stereocenters. The van der Waals surface area contributed by atoms with E-state index >= 15 is 0 Å². The predicted molar refractivity (Wildman–Crippen MR) is 54.7 cm³/mol. The molecule has 0 aromatic carbocycles. The normalized spacial score (nSPS) is 10.6. The Labute approximate surface area is 88.3 Å². The molecule has 0 saturated heterocycles. The minimum atomic E-state index is -4.34. The van der Waals surface area contributed by atoms with Gasteiger partial charge in [0.1, 0.15) is 5.69 Å². The van der Waals surface area contributed by atoms with E-state index in [1.54, 1.807) is 6.92 Å². The fourth-order valence-corrected chi connectivity index (χ4v) is 1.11. The fourth-order valence-electron chi connectivity index (χ4n) is 1.11. The summed E-state index contributed by atoms with van der Waals surface area (Å²) in [5, 5.41) is 0. The van der Waals surface area contributed by atoms with E-state index in [2.05, 4.69) is 4.98 Å². The largest absolute Gasteiger partial charge is 0.433 e. The summed E-state index contributed by atoms with van der Waals surface area (Å²) in [4.78, 5) is 3.36. The molecular formula is C11H16F3N. The molecular weight excluding hydrogens is 203 g/mol. The zero-order valence-corrected chi connectivity index (χ0v) is 9.44. The Bertz CT molecular complexity index is 305. The van der Waals surface area contributed by atoms with Crippen molar-refractivity contribution in [2.75, 3.05) is 0 Å². The predicted octanol–water partition coefficient (Wildman–Crippen LogP) is 4.00. The number of aromatic nitrogens is 1. The first-order valence-corrected chi connectivity index (χ1v) is 4.98. The molecule has 1 aromatic heterocycles. The summed E-state index contributed by atoms with van der Waals surface area (Å²) in [6.45, 7) is 7.55. The van der Waals surface area contributed by atoms with E-state index in [9.17, 15) is 13.2 Å². The van der Waals surface area contributed by atoms with Crippen LogP contribution >= 0.6 is 0 Å². The van der Waals surface area contributed by atoms with Crippen molar-refractivity contribution in [2.45, 2.75) is 40.3 Å². The van der Waals surface area contributed by atoms with Crippen LogP contribution in [0.1, 0.15) is 37.6 Å². The van der Waals surface area contributed by atoms with E-state index in [0.29, 0.717) is 12.0 Å². The smallest absolute Gasteiger partial charge is 0.251 e. The fraction of sp³-hybridized carbons (Fsp3) is 0.545. The molecule has 0 aliphatic heterocycles. The van der Waals surface area contributed by atoms with Crippen LogP contribution in [0.15, 0.2) is 12.3 Å². The zero-order valence-electron chi connectivity index (χ0n) is 9.44. The van der Waals surface area contributed by atoms with Gasteiger partial charge in [-0.05, 0) is 30.5 Å². The summed E-state index contributed by atoms with van der Waals surface area (Å²) in [6.07, 6.45) is -2.34. The molecule has 0 bridgehead atoms. The Morgan fingerprint density at radius 2 is 1.80 bits per heavy atom. The van der Waals surface area contributed by atoms with Crippen molar-refractivity contribution in [2.24, 2.45) is 0 Å². The van der Waals surface area contributed by atoms with Crippen LogP contribution in [0.25, 0.3) is 0 Å². The quantitative estimate of drug-likeness (QED) is 0.695. The lowest BCUT2D eigenvalue weighted by Gasteiger charge is -2.08. The minimum absolute atomic E-state index is 0.643. The van der Waals surface area contributed by atoms with Gasteiger partial charge in [0.15, 0.2) is 0 Å². The molecule has 0 aliphatic rings. The first kappa shape index (κ1) is 13.9. The molecule has 1 nitrogen and oxygen atoms in total. The van der Waals surface area contributed by atoms with E-state index < -0.39 is 11.9 Å². The van der Waals surface area contributed by atoms with E-state index in [0.717, 1.165) is 11.6 Å². The molecule has 0 amide bonds. The Kier molecular flexibility index (Phi) is 5.33. The van der Waals surface area contributed by atoms with E-state index in [1.807, 2.05) is 20.8 Å². The van der Waals surface area contributed by atoms with Crippen LogP contribution in [0.2, 0.25) is 0 Å². The maximum Gasteiger partial charge on any atom is 0.433 e. The molecule has 1 heterocycles. The van der Waals surface area contributed by atoms with Crippen molar-refractivity contribution >= 4 is 0 Å². The maximum absolute atomic E-state index is 12.1. The molecule has 0 spiro atoms. The van der Waals surface area contributed by atoms with Gasteiger partial charge < -0.3 is 0 Å². The van der Waals surface area contributed by atoms with Crippen LogP contribution in [0.4, 0.5) is 13.2 Å². The van der Waals surface area contributed by atoms with Crippen molar-refractivity contribution in [3.63, 3.8) is 0 Å². The number of nitrogens with zero attached hydrogens (tertiary/aromatic N) is 1. The lowest BCUT2D eigenvalue weighted by molar-refractivity contribution is -0.141. The summed E-state index contributed by atoms with van der Waals surface area (Å²) in [7, 11) is 0. The van der Waals surface area contributed by atoms with Gasteiger partial charge in [-0.15, -0.1) is 0 Å². The molecule has 0 fully saturated rings. The van der Waals surface area contributed by atoms with Gasteiger partial charge in [0, 0.05) is 6.20 Å². The van der Waals surface area contributed by atoms with Crippen molar-refractivity contribution in [3.8, 4) is 0 Å². The SMILES string of the molecule is CC.CCc1cnc(C(F)(F)F)cc1C. The third-order valence-corrected chi connectivity index (χ3v) is 1.89. The van der Waals surface area contributed by atoms with Crippen molar-refractivity contribution in [1.82, 2.24) is 4.98 Å². The first-order chi connectivity index (χ1) is 6.95. The number of rotatable bonds is 1. The first-order valence-electron chi connectivity index (χ1n) is 4.98. The molecule has 1 rings (SSSR count). The summed E-state index contributed by atoms with van der Waals surface area (Å²) in [6, 6.07) is 1.08. The van der Waals surface area contributed by atoms with Gasteiger partial charge in [-0.3, -0.25) is 4.98 Å². The summed E-state index contributed by atoms with van der Waals surface area (Å²) < 4.78 is 36.4. The van der Waals surface area contributed by atoms with Gasteiger partial charge in [-0.25, -0.2) is 0 Å². The topological polar surface area (TPSA) is 12.9 Å². The molecule has 0 N–H and O–H groups in total. The highest BCUT2D eigenvalue weighted by Gasteiger charge is 2.32. The van der Waals surface area contributed by atoms with E-state index in [4.69, 9.17) is 0 Å². The number of aryl methyl sites for hydroxylation is 2. The summed E-state index contributed by atoms with van der Waals surface area (Å²) in [5.41, 5.74) is 0.681. The summed E-state index contributed by atoms with van der Waals surface area (Å²) in [5.74, 6) is 0. The lowest BCUT2D eigenvalue weighted by Crippen LogP contribution is -2.08. The van der Waals surface area contributed by atoms with Gasteiger partial charge in [-0.1, -0.05) is 20.8 Å². The van der Waals surface area contributed by atoms with Crippen molar-refractivity contribution < 1.29 is 13.2 Å². The van der Waals surface area contributed by atoms with Crippen molar-refractivity contribution in [3.05, 3.63) is 29.1 Å². The molecule has 1 aromatic rings. The number of hydrogen-bond acceptors (Lipinski definition) is 1. The Morgan fingerprint density at radius 3 is 2.13 bits per heavy atom. The van der Waals surface area contributed by atoms with Gasteiger partial charge in [0.05, 0.1) is 0 Å². The highest BCUT2D eigenvalue weighted by atomic mass is 19.4. The van der Waals surface area contributed by atoms with E-state index in [1.165, 1.54) is 6.20 Å². The molecule has 0 aliphatic carbocycles. The standard InChI is InChI=1S/C9H10F3N.C2H6/c1-3-7-5-13-8(4-6(7)2)9(10,11)12;1-2/h4-5H,3H2,1-2H3;1-2H3. The van der Waals surface area contributed by atoms with Crippen LogP contribution in [0.3, 0.4) is 0 Å². The highest BCUT2D eigenvalue weighted by Crippen LogP contribution is 2.28. The van der Waals surface area contributed by atoms with Crippen LogP contribution in [-0.2, 0) is 12.6 Å². The van der Waals surface area contributed by atoms with Crippen molar-refractivity contribution in [1.29, 1.82) is 0 Å². The maximum atomic E-state index is 12.1. The molecule has 15 heavy (non-hydrogen) atoms. The zero-order chi connectivity index (χ0) is 12.1. The Morgan fingerprint density at radius 1 is 1.27 bits per heavy atom. The third-order valence-electron chi connectivity index (χ3n) is 1.89. The molecule has 4 heteroatoms. The van der Waals surface area contributed by atoms with E-state index in [-0.39, 0.29) is 0 Å².